The van der Waals surface area contributed by atoms with Crippen LogP contribution in [0.2, 0.25) is 0 Å². The van der Waals surface area contributed by atoms with E-state index in [2.05, 4.69) is 15.8 Å². The molecule has 0 aliphatic heterocycles. The van der Waals surface area contributed by atoms with Gasteiger partial charge in [-0.15, -0.1) is 0 Å². The second kappa shape index (κ2) is 7.42. The predicted molar refractivity (Wildman–Crippen MR) is 98.9 cm³/mol. The Labute approximate surface area is 141 Å². The van der Waals surface area contributed by atoms with Crippen LogP contribution in [0.1, 0.15) is 37.7 Å². The van der Waals surface area contributed by atoms with Gasteiger partial charge in [0.15, 0.2) is 5.11 Å². The number of nitrogens with one attached hydrogen (secondary N) is 2. The molecule has 0 amide bonds. The maximum atomic E-state index is 10.1. The second-order valence-electron chi connectivity index (χ2n) is 5.90. The quantitative estimate of drug-likeness (QED) is 0.457. The van der Waals surface area contributed by atoms with E-state index in [1.807, 2.05) is 30.3 Å². The van der Waals surface area contributed by atoms with Gasteiger partial charge < -0.3 is 10.4 Å². The Kier molecular flexibility index (Phi) is 5.08. The molecule has 3 N–H and O–H groups in total. The lowest BCUT2D eigenvalue weighted by atomic mass is 9.96. The maximum Gasteiger partial charge on any atom is 0.187 e. The van der Waals surface area contributed by atoms with E-state index in [9.17, 15) is 5.11 Å². The van der Waals surface area contributed by atoms with Crippen molar-refractivity contribution in [1.29, 1.82) is 0 Å². The molecule has 2 aromatic carbocycles. The third kappa shape index (κ3) is 3.99. The van der Waals surface area contributed by atoms with Crippen LogP contribution in [0.4, 0.5) is 0 Å². The average molecular weight is 327 g/mol. The zero-order valence-electron chi connectivity index (χ0n) is 13.0. The number of aromatic hydroxyl groups is 1. The van der Waals surface area contributed by atoms with Gasteiger partial charge in [0.25, 0.3) is 0 Å². The van der Waals surface area contributed by atoms with Gasteiger partial charge >= 0.3 is 0 Å². The van der Waals surface area contributed by atoms with Gasteiger partial charge in [-0.3, -0.25) is 5.43 Å². The van der Waals surface area contributed by atoms with Crippen molar-refractivity contribution >= 4 is 34.3 Å². The lowest BCUT2D eigenvalue weighted by Crippen LogP contribution is -2.40. The Hall–Kier alpha value is -2.14. The number of thiocarbonyl (C=S) groups is 1. The molecule has 0 spiro atoms. The van der Waals surface area contributed by atoms with Crippen molar-refractivity contribution in [1.82, 2.24) is 10.7 Å². The number of phenolic OH excluding ortho intramolecular Hbond substituents is 1. The van der Waals surface area contributed by atoms with Gasteiger partial charge in [-0.05, 0) is 41.9 Å². The summed E-state index contributed by atoms with van der Waals surface area (Å²) in [5.41, 5.74) is 3.54. The molecule has 120 valence electrons. The van der Waals surface area contributed by atoms with E-state index in [1.165, 1.54) is 19.3 Å². The fourth-order valence-corrected chi connectivity index (χ4v) is 3.26. The average Bonchev–Trinajstić information content (AvgIpc) is 2.58. The summed E-state index contributed by atoms with van der Waals surface area (Å²) in [4.78, 5) is 0. The minimum Gasteiger partial charge on any atom is -0.507 e. The third-order valence-electron chi connectivity index (χ3n) is 4.25. The molecule has 0 saturated heterocycles. The number of hydrazone groups is 1. The SMILES string of the molecule is Oc1ccc2ccccc2c1/C=N/NC(=S)NC1CCCCC1. The van der Waals surface area contributed by atoms with Crippen LogP contribution >= 0.6 is 12.2 Å². The van der Waals surface area contributed by atoms with E-state index < -0.39 is 0 Å². The molecule has 0 atom stereocenters. The molecule has 4 nitrogen and oxygen atoms in total. The van der Waals surface area contributed by atoms with Crippen molar-refractivity contribution in [3.8, 4) is 5.75 Å². The van der Waals surface area contributed by atoms with Gasteiger partial charge in [-0.1, -0.05) is 49.6 Å². The topological polar surface area (TPSA) is 56.7 Å². The van der Waals surface area contributed by atoms with Crippen LogP contribution in [0.3, 0.4) is 0 Å². The first-order chi connectivity index (χ1) is 11.2. The second-order valence-corrected chi connectivity index (χ2v) is 6.31. The Bertz CT molecular complexity index is 723. The highest BCUT2D eigenvalue weighted by atomic mass is 32.1. The molecule has 3 rings (SSSR count). The number of rotatable bonds is 3. The summed E-state index contributed by atoms with van der Waals surface area (Å²) in [6.45, 7) is 0. The van der Waals surface area contributed by atoms with E-state index in [-0.39, 0.29) is 5.75 Å². The minimum absolute atomic E-state index is 0.209. The highest BCUT2D eigenvalue weighted by molar-refractivity contribution is 7.80. The van der Waals surface area contributed by atoms with Crippen molar-refractivity contribution in [3.63, 3.8) is 0 Å². The number of benzene rings is 2. The Balaban J connectivity index is 1.66. The van der Waals surface area contributed by atoms with Crippen LogP contribution in [0, 0.1) is 0 Å². The van der Waals surface area contributed by atoms with Crippen LogP contribution in [0.15, 0.2) is 41.5 Å². The third-order valence-corrected chi connectivity index (χ3v) is 4.46. The van der Waals surface area contributed by atoms with Crippen molar-refractivity contribution in [2.24, 2.45) is 5.10 Å². The monoisotopic (exact) mass is 327 g/mol. The van der Waals surface area contributed by atoms with Crippen LogP contribution in [0.25, 0.3) is 10.8 Å². The van der Waals surface area contributed by atoms with E-state index in [0.717, 1.165) is 23.6 Å². The first-order valence-corrected chi connectivity index (χ1v) is 8.45. The van der Waals surface area contributed by atoms with Gasteiger partial charge in [-0.2, -0.15) is 5.10 Å². The minimum atomic E-state index is 0.209. The highest BCUT2D eigenvalue weighted by Crippen LogP contribution is 2.25. The normalized spacial score (nSPS) is 15.8. The standard InChI is InChI=1S/C18H21N3OS/c22-17-11-10-13-6-4-5-9-15(13)16(17)12-19-21-18(23)20-14-7-2-1-3-8-14/h4-6,9-12,14,22H,1-3,7-8H2,(H2,20,21,23)/b19-12+. The number of nitrogens with zero attached hydrogens (tertiary/aromatic N) is 1. The van der Waals surface area contributed by atoms with Gasteiger partial charge in [-0.25, -0.2) is 0 Å². The van der Waals surface area contributed by atoms with Crippen LogP contribution in [0.5, 0.6) is 5.75 Å². The Morgan fingerprint density at radius 2 is 1.91 bits per heavy atom. The number of hydrogen-bond acceptors (Lipinski definition) is 3. The molecule has 2 aromatic rings. The molecule has 1 saturated carbocycles. The molecule has 0 bridgehead atoms. The van der Waals surface area contributed by atoms with Crippen molar-refractivity contribution < 1.29 is 5.11 Å². The van der Waals surface area contributed by atoms with Gasteiger partial charge in [0.1, 0.15) is 5.75 Å². The molecule has 1 aliphatic rings. The molecular formula is C18H21N3OS. The lowest BCUT2D eigenvalue weighted by Gasteiger charge is -2.23. The van der Waals surface area contributed by atoms with Crippen LogP contribution in [-0.4, -0.2) is 22.5 Å². The van der Waals surface area contributed by atoms with Gasteiger partial charge in [0.05, 0.1) is 6.21 Å². The first kappa shape index (κ1) is 15.7. The van der Waals surface area contributed by atoms with Crippen LogP contribution < -0.4 is 10.7 Å². The molecule has 5 heteroatoms. The highest BCUT2D eigenvalue weighted by Gasteiger charge is 2.13. The summed E-state index contributed by atoms with van der Waals surface area (Å²) in [6, 6.07) is 11.9. The van der Waals surface area contributed by atoms with Crippen molar-refractivity contribution in [3.05, 3.63) is 42.0 Å². The predicted octanol–water partition coefficient (Wildman–Crippen LogP) is 3.68. The summed E-state index contributed by atoms with van der Waals surface area (Å²) in [7, 11) is 0. The van der Waals surface area contributed by atoms with Crippen molar-refractivity contribution in [2.45, 2.75) is 38.1 Å². The molecule has 1 aliphatic carbocycles. The first-order valence-electron chi connectivity index (χ1n) is 8.04. The van der Waals surface area contributed by atoms with Crippen LogP contribution in [-0.2, 0) is 0 Å². The molecule has 23 heavy (non-hydrogen) atoms. The number of phenols is 1. The molecular weight excluding hydrogens is 306 g/mol. The van der Waals surface area contributed by atoms with E-state index in [0.29, 0.717) is 16.7 Å². The van der Waals surface area contributed by atoms with E-state index in [1.54, 1.807) is 12.3 Å². The van der Waals surface area contributed by atoms with Gasteiger partial charge in [0, 0.05) is 11.6 Å². The molecule has 1 fully saturated rings. The van der Waals surface area contributed by atoms with Gasteiger partial charge in [0.2, 0.25) is 0 Å². The van der Waals surface area contributed by atoms with E-state index >= 15 is 0 Å². The zero-order valence-corrected chi connectivity index (χ0v) is 13.8. The Morgan fingerprint density at radius 3 is 2.74 bits per heavy atom. The van der Waals surface area contributed by atoms with Crippen molar-refractivity contribution in [2.75, 3.05) is 0 Å². The fourth-order valence-electron chi connectivity index (χ4n) is 3.04. The summed E-state index contributed by atoms with van der Waals surface area (Å²) in [6.07, 6.45) is 7.77. The molecule has 0 radical (unpaired) electrons. The fraction of sp³-hybridized carbons (Fsp3) is 0.333. The lowest BCUT2D eigenvalue weighted by molar-refractivity contribution is 0.412. The zero-order chi connectivity index (χ0) is 16.1. The molecule has 0 unspecified atom stereocenters. The molecule has 0 heterocycles. The molecule has 0 aromatic heterocycles. The maximum absolute atomic E-state index is 10.1. The van der Waals surface area contributed by atoms with E-state index in [4.69, 9.17) is 12.2 Å². The smallest absolute Gasteiger partial charge is 0.187 e. The summed E-state index contributed by atoms with van der Waals surface area (Å²) >= 11 is 5.28. The number of fused-ring (bicyclic) bond motifs is 1. The summed E-state index contributed by atoms with van der Waals surface area (Å²) in [5.74, 6) is 0.209. The summed E-state index contributed by atoms with van der Waals surface area (Å²) < 4.78 is 0. The largest absolute Gasteiger partial charge is 0.507 e. The summed E-state index contributed by atoms with van der Waals surface area (Å²) in [5, 5.41) is 20.1. The number of hydrogen-bond donors (Lipinski definition) is 3. The Morgan fingerprint density at radius 1 is 1.13 bits per heavy atom.